The largest absolute Gasteiger partial charge is 0.379 e. The maximum atomic E-state index is 8.11. The molecule has 10 heteroatoms. The van der Waals surface area contributed by atoms with Gasteiger partial charge in [-0.1, -0.05) is 12.1 Å². The van der Waals surface area contributed by atoms with Crippen LogP contribution < -0.4 is 10.6 Å². The van der Waals surface area contributed by atoms with Crippen LogP contribution in [0.4, 0.5) is 17.5 Å². The molecule has 5 aromatic rings. The topological polar surface area (TPSA) is 130 Å². The first-order valence-electron chi connectivity index (χ1n) is 10.5. The van der Waals surface area contributed by atoms with Crippen LogP contribution in [0.3, 0.4) is 0 Å². The quantitative estimate of drug-likeness (QED) is 0.251. The number of aromatic nitrogens is 5. The zero-order valence-corrected chi connectivity index (χ0v) is 19.2. The molecule has 0 fully saturated rings. The van der Waals surface area contributed by atoms with E-state index < -0.39 is 0 Å². The second kappa shape index (κ2) is 9.49. The Bertz CT molecular complexity index is 1480. The number of rotatable bonds is 4. The molecule has 0 unspecified atom stereocenters. The Hall–Kier alpha value is -4.60. The molecule has 0 spiro atoms. The van der Waals surface area contributed by atoms with Gasteiger partial charge in [-0.3, -0.25) is 9.67 Å². The standard InChI is InChI=1S/C24H23N7.HNO2/c1-14-5-9-19-22(31(4)30-23(19)28-18-8-6-15(2)26-13-18)21(14)16-7-10-20-17(11-16)12-27-24(25-3)29-20;2-1-3/h5-13H,1-4H3,(H,28,30)(H,25,27,29);(H,2,3). The van der Waals surface area contributed by atoms with E-state index in [1.807, 2.05) is 56.3 Å². The molecule has 0 saturated carbocycles. The van der Waals surface area contributed by atoms with Crippen molar-refractivity contribution in [3.63, 3.8) is 0 Å². The van der Waals surface area contributed by atoms with Gasteiger partial charge in [0, 0.05) is 42.3 Å². The molecular formula is C24H24N8O2. The molecule has 34 heavy (non-hydrogen) atoms. The Morgan fingerprint density at radius 2 is 1.82 bits per heavy atom. The number of anilines is 3. The van der Waals surface area contributed by atoms with Gasteiger partial charge in [-0.2, -0.15) is 5.10 Å². The minimum atomic E-state index is 0.617. The number of fused-ring (bicyclic) bond motifs is 2. The molecule has 0 saturated heterocycles. The van der Waals surface area contributed by atoms with E-state index in [0.29, 0.717) is 5.95 Å². The average Bonchev–Trinajstić information content (AvgIpc) is 3.15. The smallest absolute Gasteiger partial charge is 0.222 e. The number of pyridine rings is 1. The lowest BCUT2D eigenvalue weighted by Crippen LogP contribution is -1.97. The summed E-state index contributed by atoms with van der Waals surface area (Å²) in [6.07, 6.45) is 3.68. The summed E-state index contributed by atoms with van der Waals surface area (Å²) >= 11 is 0. The van der Waals surface area contributed by atoms with Crippen molar-refractivity contribution in [2.24, 2.45) is 12.4 Å². The Morgan fingerprint density at radius 3 is 2.53 bits per heavy atom. The van der Waals surface area contributed by atoms with Gasteiger partial charge in [-0.25, -0.2) is 9.97 Å². The molecule has 3 heterocycles. The van der Waals surface area contributed by atoms with E-state index in [4.69, 9.17) is 15.2 Å². The van der Waals surface area contributed by atoms with Crippen molar-refractivity contribution in [1.29, 1.82) is 0 Å². The first-order valence-corrected chi connectivity index (χ1v) is 10.5. The lowest BCUT2D eigenvalue weighted by Gasteiger charge is -2.11. The molecule has 0 aliphatic rings. The van der Waals surface area contributed by atoms with E-state index in [0.717, 1.165) is 50.1 Å². The van der Waals surface area contributed by atoms with Crippen molar-refractivity contribution in [2.75, 3.05) is 17.7 Å². The molecule has 0 atom stereocenters. The highest BCUT2D eigenvalue weighted by molar-refractivity contribution is 6.03. The highest BCUT2D eigenvalue weighted by Crippen LogP contribution is 2.36. The lowest BCUT2D eigenvalue weighted by atomic mass is 9.96. The van der Waals surface area contributed by atoms with Crippen molar-refractivity contribution < 1.29 is 5.21 Å². The summed E-state index contributed by atoms with van der Waals surface area (Å²) in [5.74, 6) is 1.43. The normalized spacial score (nSPS) is 10.6. The van der Waals surface area contributed by atoms with Crippen molar-refractivity contribution in [3.05, 3.63) is 71.0 Å². The molecule has 10 nitrogen and oxygen atoms in total. The number of hydrogen-bond donors (Lipinski definition) is 3. The van der Waals surface area contributed by atoms with E-state index in [1.54, 1.807) is 0 Å². The number of hydrogen-bond acceptors (Lipinski definition) is 8. The predicted octanol–water partition coefficient (Wildman–Crippen LogP) is 5.12. The summed E-state index contributed by atoms with van der Waals surface area (Å²) in [5, 5.41) is 21.1. The molecule has 0 radical (unpaired) electrons. The highest BCUT2D eigenvalue weighted by Gasteiger charge is 2.16. The van der Waals surface area contributed by atoms with Crippen LogP contribution in [0, 0.1) is 18.8 Å². The maximum Gasteiger partial charge on any atom is 0.222 e. The van der Waals surface area contributed by atoms with Gasteiger partial charge in [0.05, 0.1) is 22.9 Å². The van der Waals surface area contributed by atoms with E-state index >= 15 is 0 Å². The SMILES string of the molecule is CNc1ncc2cc(-c3c(C)ccc4c(Nc5ccc(C)nc5)nn(C)c34)ccc2n1.O=NO. The number of aryl methyl sites for hydroxylation is 3. The average molecular weight is 457 g/mol. The third-order valence-electron chi connectivity index (χ3n) is 5.48. The van der Waals surface area contributed by atoms with Gasteiger partial charge in [0.15, 0.2) is 11.2 Å². The first kappa shape index (κ1) is 22.6. The van der Waals surface area contributed by atoms with Gasteiger partial charge in [-0.15, -0.1) is 4.91 Å². The molecule has 0 aliphatic carbocycles. The molecule has 0 amide bonds. The van der Waals surface area contributed by atoms with Gasteiger partial charge >= 0.3 is 0 Å². The van der Waals surface area contributed by atoms with E-state index in [1.165, 1.54) is 10.9 Å². The van der Waals surface area contributed by atoms with Crippen LogP contribution in [-0.2, 0) is 7.05 Å². The van der Waals surface area contributed by atoms with Crippen LogP contribution >= 0.6 is 0 Å². The monoisotopic (exact) mass is 456 g/mol. The summed E-state index contributed by atoms with van der Waals surface area (Å²) in [4.78, 5) is 21.4. The number of nitrogens with one attached hydrogen (secondary N) is 2. The van der Waals surface area contributed by atoms with E-state index in [-0.39, 0.29) is 0 Å². The molecule has 3 N–H and O–H groups in total. The van der Waals surface area contributed by atoms with Crippen LogP contribution in [0.2, 0.25) is 0 Å². The van der Waals surface area contributed by atoms with E-state index in [9.17, 15) is 0 Å². The Morgan fingerprint density at radius 1 is 1.03 bits per heavy atom. The fraction of sp³-hybridized carbons (Fsp3) is 0.167. The third-order valence-corrected chi connectivity index (χ3v) is 5.48. The Labute approximate surface area is 195 Å². The van der Waals surface area contributed by atoms with Gasteiger partial charge in [0.2, 0.25) is 5.95 Å². The zero-order chi connectivity index (χ0) is 24.2. The lowest BCUT2D eigenvalue weighted by molar-refractivity contribution is 0.312. The van der Waals surface area contributed by atoms with Crippen LogP contribution in [0.5, 0.6) is 0 Å². The summed E-state index contributed by atoms with van der Waals surface area (Å²) in [6, 6.07) is 14.6. The molecular weight excluding hydrogens is 432 g/mol. The summed E-state index contributed by atoms with van der Waals surface area (Å²) in [7, 11) is 3.80. The summed E-state index contributed by atoms with van der Waals surface area (Å²) in [5.41, 5.74) is 7.34. The minimum Gasteiger partial charge on any atom is -0.379 e. The molecule has 2 aromatic carbocycles. The Balaban J connectivity index is 0.000000868. The van der Waals surface area contributed by atoms with Gasteiger partial charge in [-0.05, 0) is 55.3 Å². The fourth-order valence-electron chi connectivity index (χ4n) is 3.92. The van der Waals surface area contributed by atoms with E-state index in [2.05, 4.69) is 56.8 Å². The predicted molar refractivity (Wildman–Crippen MR) is 133 cm³/mol. The summed E-state index contributed by atoms with van der Waals surface area (Å²) in [6.45, 7) is 4.10. The first-order chi connectivity index (χ1) is 16.4. The molecule has 5 rings (SSSR count). The third kappa shape index (κ3) is 4.33. The van der Waals surface area contributed by atoms with Crippen molar-refractivity contribution >= 4 is 39.3 Å². The number of nitrogens with zero attached hydrogens (tertiary/aromatic N) is 6. The van der Waals surface area contributed by atoms with Gasteiger partial charge in [0.1, 0.15) is 0 Å². The molecule has 172 valence electrons. The van der Waals surface area contributed by atoms with Gasteiger partial charge in [0.25, 0.3) is 0 Å². The summed E-state index contributed by atoms with van der Waals surface area (Å²) < 4.78 is 1.94. The Kier molecular flexibility index (Phi) is 6.30. The highest BCUT2D eigenvalue weighted by atomic mass is 16.6. The molecule has 0 aliphatic heterocycles. The minimum absolute atomic E-state index is 0.617. The second-order valence-electron chi connectivity index (χ2n) is 7.74. The number of benzene rings is 2. The second-order valence-corrected chi connectivity index (χ2v) is 7.74. The zero-order valence-electron chi connectivity index (χ0n) is 19.2. The van der Waals surface area contributed by atoms with Crippen LogP contribution in [0.15, 0.2) is 60.2 Å². The van der Waals surface area contributed by atoms with Crippen LogP contribution in [0.1, 0.15) is 11.3 Å². The fourth-order valence-corrected chi connectivity index (χ4v) is 3.92. The van der Waals surface area contributed by atoms with Crippen molar-refractivity contribution in [3.8, 4) is 11.1 Å². The van der Waals surface area contributed by atoms with Crippen molar-refractivity contribution in [2.45, 2.75) is 13.8 Å². The molecule has 3 aromatic heterocycles. The molecule has 0 bridgehead atoms. The van der Waals surface area contributed by atoms with Gasteiger partial charge < -0.3 is 15.8 Å². The van der Waals surface area contributed by atoms with Crippen LogP contribution in [-0.4, -0.2) is 37.0 Å². The maximum absolute atomic E-state index is 8.11. The van der Waals surface area contributed by atoms with Crippen molar-refractivity contribution in [1.82, 2.24) is 24.7 Å². The van der Waals surface area contributed by atoms with Crippen LogP contribution in [0.25, 0.3) is 32.9 Å².